The van der Waals surface area contributed by atoms with Gasteiger partial charge in [0, 0.05) is 19.6 Å². The van der Waals surface area contributed by atoms with Crippen LogP contribution in [-0.4, -0.2) is 42.2 Å². The van der Waals surface area contributed by atoms with E-state index in [1.807, 2.05) is 18.2 Å². The Morgan fingerprint density at radius 3 is 2.61 bits per heavy atom. The first-order valence-corrected chi connectivity index (χ1v) is 10.6. The second-order valence-electron chi connectivity index (χ2n) is 8.36. The van der Waals surface area contributed by atoms with Crippen molar-refractivity contribution in [3.63, 3.8) is 0 Å². The van der Waals surface area contributed by atoms with Gasteiger partial charge in [0.15, 0.2) is 0 Å². The Hall–Kier alpha value is -2.37. The van der Waals surface area contributed by atoms with Crippen LogP contribution in [0, 0.1) is 11.7 Å². The number of likely N-dealkylation sites (tertiary alicyclic amines) is 1. The van der Waals surface area contributed by atoms with Crippen molar-refractivity contribution in [3.05, 3.63) is 70.5 Å². The van der Waals surface area contributed by atoms with Crippen LogP contribution in [-0.2, 0) is 17.6 Å². The molecule has 0 spiro atoms. The van der Waals surface area contributed by atoms with E-state index in [2.05, 4.69) is 24.0 Å². The number of carboxylic acid groups (broad SMARTS) is 1. The van der Waals surface area contributed by atoms with Crippen LogP contribution in [0.3, 0.4) is 0 Å². The molecule has 4 nitrogen and oxygen atoms in total. The lowest BCUT2D eigenvalue weighted by Crippen LogP contribution is -2.50. The molecule has 1 aliphatic heterocycles. The number of fused-ring (bicyclic) bond motifs is 1. The molecule has 6 heteroatoms. The lowest BCUT2D eigenvalue weighted by molar-refractivity contribution is -0.147. The molecule has 1 saturated heterocycles. The predicted molar refractivity (Wildman–Crippen MR) is 122 cm³/mol. The summed E-state index contributed by atoms with van der Waals surface area (Å²) in [7, 11) is 0. The highest BCUT2D eigenvalue weighted by Crippen LogP contribution is 2.34. The number of benzene rings is 2. The van der Waals surface area contributed by atoms with E-state index in [-0.39, 0.29) is 24.1 Å². The number of ether oxygens (including phenoxy) is 1. The molecule has 0 atom stereocenters. The van der Waals surface area contributed by atoms with Crippen molar-refractivity contribution in [1.29, 1.82) is 0 Å². The van der Waals surface area contributed by atoms with Crippen LogP contribution in [0.5, 0.6) is 5.75 Å². The summed E-state index contributed by atoms with van der Waals surface area (Å²) in [6.45, 7) is 4.99. The van der Waals surface area contributed by atoms with Crippen molar-refractivity contribution in [2.24, 2.45) is 5.92 Å². The Balaban J connectivity index is 0.00000272. The third-order valence-corrected chi connectivity index (χ3v) is 6.22. The van der Waals surface area contributed by atoms with E-state index in [1.54, 1.807) is 0 Å². The van der Waals surface area contributed by atoms with Crippen LogP contribution in [0.2, 0.25) is 0 Å². The zero-order valence-corrected chi connectivity index (χ0v) is 18.6. The molecule has 4 rings (SSSR count). The summed E-state index contributed by atoms with van der Waals surface area (Å²) in [5, 5.41) is 9.05. The molecule has 2 aliphatic rings. The summed E-state index contributed by atoms with van der Waals surface area (Å²) in [5.74, 6) is -0.192. The Bertz CT molecular complexity index is 952. The lowest BCUT2D eigenvalue weighted by atomic mass is 9.85. The number of hydrogen-bond acceptors (Lipinski definition) is 3. The quantitative estimate of drug-likeness (QED) is 0.581. The number of hydrogen-bond donors (Lipinski definition) is 1. The highest BCUT2D eigenvalue weighted by molar-refractivity contribution is 5.85. The summed E-state index contributed by atoms with van der Waals surface area (Å²) in [4.78, 5) is 13.2. The summed E-state index contributed by atoms with van der Waals surface area (Å²) in [6.07, 6.45) is 3.76. The molecule has 1 N–H and O–H groups in total. The molecular weight excluding hydrogens is 417 g/mol. The number of carboxylic acids is 1. The van der Waals surface area contributed by atoms with Crippen LogP contribution in [0.4, 0.5) is 4.39 Å². The molecule has 0 unspecified atom stereocenters. The van der Waals surface area contributed by atoms with E-state index in [4.69, 9.17) is 9.84 Å². The Labute approximate surface area is 189 Å². The molecule has 0 bridgehead atoms. The Morgan fingerprint density at radius 2 is 1.90 bits per heavy atom. The zero-order valence-electron chi connectivity index (χ0n) is 17.8. The molecule has 1 heterocycles. The van der Waals surface area contributed by atoms with Gasteiger partial charge in [-0.15, -0.1) is 12.4 Å². The van der Waals surface area contributed by atoms with Gasteiger partial charge in [0.2, 0.25) is 0 Å². The maximum Gasteiger partial charge on any atom is 0.309 e. The lowest BCUT2D eigenvalue weighted by Gasteiger charge is -2.38. The van der Waals surface area contributed by atoms with E-state index in [1.165, 1.54) is 34.4 Å². The van der Waals surface area contributed by atoms with E-state index < -0.39 is 5.97 Å². The maximum atomic E-state index is 13.0. The van der Waals surface area contributed by atoms with Gasteiger partial charge >= 0.3 is 5.97 Å². The number of halogens is 2. The van der Waals surface area contributed by atoms with Gasteiger partial charge in [-0.3, -0.25) is 9.69 Å². The molecular formula is C25H29ClFNO3. The van der Waals surface area contributed by atoms with Gasteiger partial charge in [-0.05, 0) is 79.1 Å². The first-order valence-electron chi connectivity index (χ1n) is 10.6. The monoisotopic (exact) mass is 445 g/mol. The molecule has 2 aromatic rings. The van der Waals surface area contributed by atoms with Crippen LogP contribution in [0.25, 0.3) is 5.57 Å². The van der Waals surface area contributed by atoms with E-state index in [9.17, 15) is 9.18 Å². The van der Waals surface area contributed by atoms with Gasteiger partial charge < -0.3 is 9.84 Å². The van der Waals surface area contributed by atoms with Crippen molar-refractivity contribution in [3.8, 4) is 5.75 Å². The number of aliphatic carboxylic acids is 1. The van der Waals surface area contributed by atoms with Gasteiger partial charge in [-0.25, -0.2) is 4.39 Å². The van der Waals surface area contributed by atoms with Crippen molar-refractivity contribution < 1.29 is 19.0 Å². The second kappa shape index (κ2) is 10.3. The molecule has 2 aromatic carbocycles. The number of carbonyl (C=O) groups is 1. The molecule has 1 fully saturated rings. The topological polar surface area (TPSA) is 49.8 Å². The smallest absolute Gasteiger partial charge is 0.309 e. The van der Waals surface area contributed by atoms with E-state index >= 15 is 0 Å². The fourth-order valence-corrected chi connectivity index (χ4v) is 4.34. The molecule has 1 aliphatic carbocycles. The fourth-order valence-electron chi connectivity index (χ4n) is 4.34. The molecule has 0 amide bonds. The molecule has 31 heavy (non-hydrogen) atoms. The summed E-state index contributed by atoms with van der Waals surface area (Å²) >= 11 is 0. The summed E-state index contributed by atoms with van der Waals surface area (Å²) in [5.41, 5.74) is 6.46. The van der Waals surface area contributed by atoms with Gasteiger partial charge in [-0.2, -0.15) is 0 Å². The van der Waals surface area contributed by atoms with Gasteiger partial charge in [0.1, 0.15) is 11.6 Å². The van der Waals surface area contributed by atoms with Crippen LogP contribution < -0.4 is 4.74 Å². The normalized spacial score (nSPS) is 16.3. The minimum absolute atomic E-state index is 0. The highest BCUT2D eigenvalue weighted by Gasteiger charge is 2.33. The van der Waals surface area contributed by atoms with Crippen LogP contribution >= 0.6 is 12.4 Å². The number of aryl methyl sites for hydroxylation is 2. The summed E-state index contributed by atoms with van der Waals surface area (Å²) in [6, 6.07) is 13.0. The van der Waals surface area contributed by atoms with E-state index in [0.29, 0.717) is 19.7 Å². The van der Waals surface area contributed by atoms with Gasteiger partial charge in [0.05, 0.1) is 12.5 Å². The molecule has 0 saturated carbocycles. The third-order valence-electron chi connectivity index (χ3n) is 6.22. The minimum Gasteiger partial charge on any atom is -0.494 e. The number of nitrogens with zero attached hydrogens (tertiary/aromatic N) is 1. The van der Waals surface area contributed by atoms with Crippen LogP contribution in [0.15, 0.2) is 48.0 Å². The second-order valence-corrected chi connectivity index (χ2v) is 8.36. The Kier molecular flexibility index (Phi) is 7.74. The van der Waals surface area contributed by atoms with Crippen LogP contribution in [0.1, 0.15) is 36.5 Å². The van der Waals surface area contributed by atoms with Crippen molar-refractivity contribution in [2.45, 2.75) is 32.6 Å². The van der Waals surface area contributed by atoms with Gasteiger partial charge in [-0.1, -0.05) is 23.8 Å². The fraction of sp³-hybridized carbons (Fsp3) is 0.400. The largest absolute Gasteiger partial charge is 0.494 e. The van der Waals surface area contributed by atoms with Crippen molar-refractivity contribution in [2.75, 3.05) is 26.2 Å². The Morgan fingerprint density at radius 1 is 1.16 bits per heavy atom. The van der Waals surface area contributed by atoms with Gasteiger partial charge in [0.25, 0.3) is 0 Å². The molecule has 0 aromatic heterocycles. The zero-order chi connectivity index (χ0) is 21.1. The molecule has 0 radical (unpaired) electrons. The van der Waals surface area contributed by atoms with E-state index in [0.717, 1.165) is 43.5 Å². The average Bonchev–Trinajstić information content (AvgIpc) is 2.70. The summed E-state index contributed by atoms with van der Waals surface area (Å²) < 4.78 is 18.9. The SMILES string of the molecule is CC1=C(CN2CC(C(=O)O)C2)CCc2cc(OCCCc3ccc(F)cc3)ccc21.Cl. The van der Waals surface area contributed by atoms with Crippen molar-refractivity contribution in [1.82, 2.24) is 4.90 Å². The molecule has 166 valence electrons. The minimum atomic E-state index is -0.684. The average molecular weight is 446 g/mol. The first-order chi connectivity index (χ1) is 14.5. The third kappa shape index (κ3) is 5.66. The number of rotatable bonds is 8. The maximum absolute atomic E-state index is 13.0. The first kappa shape index (κ1) is 23.3. The predicted octanol–water partition coefficient (Wildman–Crippen LogP) is 5.00. The number of allylic oxidation sites excluding steroid dienone is 1. The highest BCUT2D eigenvalue weighted by atomic mass is 35.5. The van der Waals surface area contributed by atoms with Crippen molar-refractivity contribution >= 4 is 23.9 Å². The standard InChI is InChI=1S/C25H28FNO3.ClH/c1-17-20(14-27-15-21(16-27)25(28)29)7-6-19-13-23(10-11-24(17)19)30-12-2-3-18-4-8-22(26)9-5-18;/h4-5,8-11,13,21H,2-3,6-7,12,14-16H2,1H3,(H,28,29);1H.